The zero-order valence-electron chi connectivity index (χ0n) is 15.1. The van der Waals surface area contributed by atoms with E-state index in [2.05, 4.69) is 22.5 Å². The number of hydrogen-bond donors (Lipinski definition) is 2. The van der Waals surface area contributed by atoms with Crippen LogP contribution in [0, 0.1) is 0 Å². The maximum absolute atomic E-state index is 5.71. The molecule has 6 heteroatoms. The van der Waals surface area contributed by atoms with Crippen molar-refractivity contribution in [2.75, 3.05) is 46.6 Å². The van der Waals surface area contributed by atoms with Crippen LogP contribution in [0.25, 0.3) is 0 Å². The largest absolute Gasteiger partial charge is 0.497 e. The molecule has 0 fully saturated rings. The van der Waals surface area contributed by atoms with Gasteiger partial charge in [-0.25, -0.2) is 0 Å². The van der Waals surface area contributed by atoms with Crippen molar-refractivity contribution in [2.24, 2.45) is 4.99 Å². The molecule has 24 heavy (non-hydrogen) atoms. The van der Waals surface area contributed by atoms with Gasteiger partial charge in [0.1, 0.15) is 11.5 Å². The summed E-state index contributed by atoms with van der Waals surface area (Å²) in [4.78, 5) is 4.55. The van der Waals surface area contributed by atoms with Crippen molar-refractivity contribution in [3.63, 3.8) is 0 Å². The molecule has 0 unspecified atom stereocenters. The number of nitrogens with one attached hydrogen (secondary N) is 2. The van der Waals surface area contributed by atoms with Crippen molar-refractivity contribution in [1.82, 2.24) is 10.6 Å². The predicted molar refractivity (Wildman–Crippen MR) is 98.2 cm³/mol. The lowest BCUT2D eigenvalue weighted by molar-refractivity contribution is 0.145. The van der Waals surface area contributed by atoms with Gasteiger partial charge in [0.05, 0.1) is 13.7 Å². The van der Waals surface area contributed by atoms with Crippen LogP contribution >= 0.6 is 0 Å². The summed E-state index contributed by atoms with van der Waals surface area (Å²) < 4.78 is 16.2. The topological polar surface area (TPSA) is 64.1 Å². The maximum Gasteiger partial charge on any atom is 0.191 e. The van der Waals surface area contributed by atoms with Gasteiger partial charge in [0, 0.05) is 45.3 Å². The quantitative estimate of drug-likeness (QED) is 0.348. The molecule has 6 nitrogen and oxygen atoms in total. The van der Waals surface area contributed by atoms with Gasteiger partial charge in [0.2, 0.25) is 0 Å². The highest BCUT2D eigenvalue weighted by atomic mass is 16.5. The van der Waals surface area contributed by atoms with E-state index in [0.717, 1.165) is 56.6 Å². The van der Waals surface area contributed by atoms with Crippen molar-refractivity contribution in [3.05, 3.63) is 24.3 Å². The average Bonchev–Trinajstić information content (AvgIpc) is 2.61. The Hall–Kier alpha value is -1.95. The van der Waals surface area contributed by atoms with Crippen LogP contribution in [0.2, 0.25) is 0 Å². The highest BCUT2D eigenvalue weighted by Gasteiger charge is 1.98. The first-order chi connectivity index (χ1) is 11.8. The van der Waals surface area contributed by atoms with Gasteiger partial charge < -0.3 is 24.8 Å². The number of ether oxygens (including phenoxy) is 3. The van der Waals surface area contributed by atoms with E-state index in [1.807, 2.05) is 31.2 Å². The zero-order valence-corrected chi connectivity index (χ0v) is 15.1. The molecule has 0 amide bonds. The number of aliphatic imine (C=N–C) groups is 1. The summed E-state index contributed by atoms with van der Waals surface area (Å²) >= 11 is 0. The fraction of sp³-hybridized carbons (Fsp3) is 0.611. The number of methoxy groups -OCH3 is 1. The van der Waals surface area contributed by atoms with Gasteiger partial charge in [-0.15, -0.1) is 0 Å². The summed E-state index contributed by atoms with van der Waals surface area (Å²) in [7, 11) is 1.65. The second-order valence-electron chi connectivity index (χ2n) is 5.12. The molecular formula is C18H31N3O3. The third kappa shape index (κ3) is 9.25. The number of guanidine groups is 1. The van der Waals surface area contributed by atoms with Gasteiger partial charge in [-0.3, -0.25) is 4.99 Å². The molecule has 1 aromatic carbocycles. The highest BCUT2D eigenvalue weighted by Crippen LogP contribution is 2.18. The monoisotopic (exact) mass is 337 g/mol. The highest BCUT2D eigenvalue weighted by molar-refractivity contribution is 5.79. The molecular weight excluding hydrogens is 306 g/mol. The first-order valence-corrected chi connectivity index (χ1v) is 8.67. The summed E-state index contributed by atoms with van der Waals surface area (Å²) in [5.41, 5.74) is 0. The average molecular weight is 337 g/mol. The van der Waals surface area contributed by atoms with Gasteiger partial charge in [-0.2, -0.15) is 0 Å². The Morgan fingerprint density at radius 3 is 2.67 bits per heavy atom. The van der Waals surface area contributed by atoms with Crippen LogP contribution < -0.4 is 20.1 Å². The standard InChI is InChI=1S/C18H31N3O3/c1-4-19-18(20-11-7-13-23-5-2)21-12-8-14-24-17-10-6-9-16(15-17)22-3/h6,9-10,15H,4-5,7-8,11-14H2,1-3H3,(H2,19,20,21). The van der Waals surface area contributed by atoms with Gasteiger partial charge in [0.15, 0.2) is 5.96 Å². The third-order valence-corrected chi connectivity index (χ3v) is 3.19. The third-order valence-electron chi connectivity index (χ3n) is 3.19. The molecule has 0 spiro atoms. The van der Waals surface area contributed by atoms with Crippen LogP contribution in [0.1, 0.15) is 26.7 Å². The second-order valence-corrected chi connectivity index (χ2v) is 5.12. The van der Waals surface area contributed by atoms with Crippen LogP contribution in [0.3, 0.4) is 0 Å². The van der Waals surface area contributed by atoms with Crippen molar-refractivity contribution in [2.45, 2.75) is 26.7 Å². The number of benzene rings is 1. The molecule has 136 valence electrons. The van der Waals surface area contributed by atoms with E-state index in [1.165, 1.54) is 0 Å². The lowest BCUT2D eigenvalue weighted by atomic mass is 10.3. The van der Waals surface area contributed by atoms with Crippen molar-refractivity contribution in [3.8, 4) is 11.5 Å². The Morgan fingerprint density at radius 2 is 1.92 bits per heavy atom. The molecule has 2 N–H and O–H groups in total. The minimum absolute atomic E-state index is 0.625. The van der Waals surface area contributed by atoms with Gasteiger partial charge in [0.25, 0.3) is 0 Å². The van der Waals surface area contributed by atoms with E-state index in [4.69, 9.17) is 14.2 Å². The fourth-order valence-electron chi connectivity index (χ4n) is 2.00. The van der Waals surface area contributed by atoms with Crippen LogP contribution in [0.15, 0.2) is 29.3 Å². The van der Waals surface area contributed by atoms with Crippen molar-refractivity contribution in [1.29, 1.82) is 0 Å². The Morgan fingerprint density at radius 1 is 1.08 bits per heavy atom. The number of hydrogen-bond acceptors (Lipinski definition) is 4. The van der Waals surface area contributed by atoms with Gasteiger partial charge in [-0.1, -0.05) is 6.07 Å². The maximum atomic E-state index is 5.71. The van der Waals surface area contributed by atoms with Crippen LogP contribution in [0.4, 0.5) is 0 Å². The normalized spacial score (nSPS) is 11.2. The van der Waals surface area contributed by atoms with E-state index in [9.17, 15) is 0 Å². The minimum Gasteiger partial charge on any atom is -0.497 e. The molecule has 0 aliphatic rings. The second kappa shape index (κ2) is 13.5. The summed E-state index contributed by atoms with van der Waals surface area (Å²) in [5.74, 6) is 2.46. The van der Waals surface area contributed by atoms with E-state index in [-0.39, 0.29) is 0 Å². The van der Waals surface area contributed by atoms with Crippen molar-refractivity contribution >= 4 is 5.96 Å². The summed E-state index contributed by atoms with van der Waals surface area (Å²) in [6.07, 6.45) is 1.82. The van der Waals surface area contributed by atoms with Gasteiger partial charge >= 0.3 is 0 Å². The van der Waals surface area contributed by atoms with E-state index in [0.29, 0.717) is 13.2 Å². The molecule has 0 saturated heterocycles. The Labute approximate surface area is 145 Å². The number of nitrogens with zero attached hydrogens (tertiary/aromatic N) is 1. The van der Waals surface area contributed by atoms with E-state index < -0.39 is 0 Å². The summed E-state index contributed by atoms with van der Waals surface area (Å²) in [6, 6.07) is 7.63. The Kier molecular flexibility index (Phi) is 11.3. The first kappa shape index (κ1) is 20.1. The van der Waals surface area contributed by atoms with Crippen LogP contribution in [-0.2, 0) is 4.74 Å². The molecule has 0 aliphatic heterocycles. The molecule has 0 aromatic heterocycles. The number of rotatable bonds is 12. The summed E-state index contributed by atoms with van der Waals surface area (Å²) in [6.45, 7) is 8.64. The molecule has 0 saturated carbocycles. The Balaban J connectivity index is 2.23. The summed E-state index contributed by atoms with van der Waals surface area (Å²) in [5, 5.41) is 6.54. The first-order valence-electron chi connectivity index (χ1n) is 8.67. The lowest BCUT2D eigenvalue weighted by Gasteiger charge is -2.11. The molecule has 0 aliphatic carbocycles. The minimum atomic E-state index is 0.625. The van der Waals surface area contributed by atoms with E-state index >= 15 is 0 Å². The molecule has 0 heterocycles. The lowest BCUT2D eigenvalue weighted by Crippen LogP contribution is -2.38. The fourth-order valence-corrected chi connectivity index (χ4v) is 2.00. The van der Waals surface area contributed by atoms with Gasteiger partial charge in [-0.05, 0) is 32.4 Å². The predicted octanol–water partition coefficient (Wildman–Crippen LogP) is 2.45. The zero-order chi connectivity index (χ0) is 17.5. The molecule has 1 aromatic rings. The SMILES string of the molecule is CCNC(=NCCCOc1cccc(OC)c1)NCCCOCC. The van der Waals surface area contributed by atoms with Crippen LogP contribution in [-0.4, -0.2) is 52.5 Å². The Bertz CT molecular complexity index is 467. The van der Waals surface area contributed by atoms with E-state index in [1.54, 1.807) is 7.11 Å². The smallest absolute Gasteiger partial charge is 0.191 e. The molecule has 0 radical (unpaired) electrons. The molecule has 0 atom stereocenters. The van der Waals surface area contributed by atoms with Crippen molar-refractivity contribution < 1.29 is 14.2 Å². The molecule has 1 rings (SSSR count). The molecule has 0 bridgehead atoms. The van der Waals surface area contributed by atoms with Crippen LogP contribution in [0.5, 0.6) is 11.5 Å².